The van der Waals surface area contributed by atoms with Gasteiger partial charge in [-0.25, -0.2) is 0 Å². The van der Waals surface area contributed by atoms with E-state index in [4.69, 9.17) is 28.4 Å². The molecule has 0 amide bonds. The van der Waals surface area contributed by atoms with Crippen molar-refractivity contribution >= 4 is 11.9 Å². The molecule has 60 heavy (non-hydrogen) atoms. The summed E-state index contributed by atoms with van der Waals surface area (Å²) < 4.78 is 37.9. The third kappa shape index (κ3) is 13.1. The number of aliphatic carboxylic acids is 1. The SMILES string of the molecule is CCC(CCC(=O)O)N(C)C1CC(C)OC(OC2C(C)C(OC3CC(C)(OC)C(O)C(C)O3)C(C)C(=O)OC(CC)C(C)(O)C(O)C(C)N(C)CC(C)CC2(C)O)C1O.[H-].[Li+]. The number of likely N-dealkylation sites (N-methyl/N-ethyl adjacent to an activating group) is 2. The van der Waals surface area contributed by atoms with Gasteiger partial charge in [-0.2, -0.15) is 0 Å². The third-order valence-corrected chi connectivity index (χ3v) is 13.8. The Bertz CT molecular complexity index is 1350. The molecule has 17 heteroatoms. The average molecular weight is 857 g/mol. The number of hydrogen-bond donors (Lipinski definition) is 6. The summed E-state index contributed by atoms with van der Waals surface area (Å²) in [4.78, 5) is 29.7. The summed E-state index contributed by atoms with van der Waals surface area (Å²) in [6.07, 6.45) is -8.19. The zero-order valence-electron chi connectivity index (χ0n) is 40.2. The maximum Gasteiger partial charge on any atom is 1.00 e. The Morgan fingerprint density at radius 1 is 1.00 bits per heavy atom. The van der Waals surface area contributed by atoms with Crippen LogP contribution in [0.25, 0.3) is 0 Å². The second-order valence-corrected chi connectivity index (χ2v) is 18.9. The second-order valence-electron chi connectivity index (χ2n) is 18.9. The summed E-state index contributed by atoms with van der Waals surface area (Å²) >= 11 is 0. The number of nitrogens with zero attached hydrogens (tertiary/aromatic N) is 2. The Morgan fingerprint density at radius 3 is 2.17 bits per heavy atom. The second kappa shape index (κ2) is 22.8. The van der Waals surface area contributed by atoms with Crippen molar-refractivity contribution < 1.29 is 88.9 Å². The topological polar surface area (TPSA) is 217 Å². The number of carboxylic acids is 1. The van der Waals surface area contributed by atoms with Crippen LogP contribution in [-0.2, 0) is 38.0 Å². The smallest absolute Gasteiger partial charge is 1.00 e. The van der Waals surface area contributed by atoms with Crippen LogP contribution in [0.2, 0.25) is 0 Å². The molecule has 6 N–H and O–H groups in total. The van der Waals surface area contributed by atoms with Gasteiger partial charge in [0.2, 0.25) is 0 Å². The number of esters is 1. The van der Waals surface area contributed by atoms with E-state index >= 15 is 0 Å². The van der Waals surface area contributed by atoms with E-state index in [2.05, 4.69) is 0 Å². The molecule has 348 valence electrons. The number of carbonyl (C=O) groups is 2. The summed E-state index contributed by atoms with van der Waals surface area (Å²) in [5.74, 6) is -3.71. The third-order valence-electron chi connectivity index (χ3n) is 13.8. The first-order valence-electron chi connectivity index (χ1n) is 21.8. The first-order chi connectivity index (χ1) is 27.3. The van der Waals surface area contributed by atoms with Crippen molar-refractivity contribution in [3.8, 4) is 0 Å². The van der Waals surface area contributed by atoms with Crippen LogP contribution in [0.5, 0.6) is 0 Å². The first kappa shape index (κ1) is 55.2. The Labute approximate surface area is 372 Å². The summed E-state index contributed by atoms with van der Waals surface area (Å²) in [6, 6.07) is -1.18. The van der Waals surface area contributed by atoms with Crippen LogP contribution >= 0.6 is 0 Å². The molecule has 3 aliphatic rings. The molecular formula is C43H81LiN2O14. The number of carbonyl (C=O) groups excluding carboxylic acids is 1. The summed E-state index contributed by atoms with van der Waals surface area (Å²) in [5.41, 5.74) is -4.53. The van der Waals surface area contributed by atoms with Gasteiger partial charge in [0.15, 0.2) is 12.6 Å². The molecule has 0 bridgehead atoms. The molecule has 0 radical (unpaired) electrons. The van der Waals surface area contributed by atoms with Crippen molar-refractivity contribution in [2.24, 2.45) is 17.8 Å². The predicted molar refractivity (Wildman–Crippen MR) is 220 cm³/mol. The van der Waals surface area contributed by atoms with Crippen molar-refractivity contribution in [3.05, 3.63) is 0 Å². The minimum atomic E-state index is -1.84. The summed E-state index contributed by atoms with van der Waals surface area (Å²) in [7, 11) is 5.18. The van der Waals surface area contributed by atoms with Crippen molar-refractivity contribution in [1.82, 2.24) is 9.80 Å². The number of hydrogen-bond acceptors (Lipinski definition) is 15. The van der Waals surface area contributed by atoms with E-state index in [9.17, 15) is 40.2 Å². The van der Waals surface area contributed by atoms with Crippen LogP contribution in [0.15, 0.2) is 0 Å². The summed E-state index contributed by atoms with van der Waals surface area (Å²) in [6.45, 7) is 19.8. The fraction of sp³-hybridized carbons (Fsp3) is 0.953. The van der Waals surface area contributed by atoms with Crippen LogP contribution in [0.4, 0.5) is 0 Å². The molecule has 19 atom stereocenters. The van der Waals surface area contributed by atoms with E-state index in [1.165, 1.54) is 14.0 Å². The Morgan fingerprint density at radius 2 is 1.62 bits per heavy atom. The van der Waals surface area contributed by atoms with Crippen LogP contribution in [-0.4, -0.2) is 176 Å². The van der Waals surface area contributed by atoms with Gasteiger partial charge in [0.05, 0.1) is 41.5 Å². The van der Waals surface area contributed by atoms with Gasteiger partial charge in [0.25, 0.3) is 0 Å². The van der Waals surface area contributed by atoms with Gasteiger partial charge in [-0.15, -0.1) is 0 Å². The van der Waals surface area contributed by atoms with E-state index in [1.807, 2.05) is 44.7 Å². The molecule has 0 saturated carbocycles. The van der Waals surface area contributed by atoms with Crippen LogP contribution in [0.3, 0.4) is 0 Å². The monoisotopic (exact) mass is 857 g/mol. The van der Waals surface area contributed by atoms with E-state index in [1.54, 1.807) is 48.5 Å². The molecule has 0 aromatic heterocycles. The van der Waals surface area contributed by atoms with Crippen LogP contribution in [0, 0.1) is 17.8 Å². The minimum absolute atomic E-state index is 0. The van der Waals surface area contributed by atoms with E-state index in [0.29, 0.717) is 25.8 Å². The maximum atomic E-state index is 14.3. The molecule has 0 spiro atoms. The Kier molecular flexibility index (Phi) is 21.0. The standard InChI is InChI=1S/C43H80N2O14.Li.H/c1-15-29(17-18-32(46)47)45(13)30-19-24(4)55-40(34(30)48)59-38-25(5)35(58-33-21-42(10,54-14)37(50)28(8)56-33)26(6)39(51)57-31(16-2)43(11,53)36(49)27(7)44(12)22-23(3)20-41(38,9)52;;/h23-31,33-38,40,48-50,52-53H,15-22H2,1-14H3,(H,46,47);;/q;+1;-1. The zero-order chi connectivity index (χ0) is 44.9. The number of carboxylic acid groups (broad SMARTS) is 1. The van der Waals surface area contributed by atoms with Crippen molar-refractivity contribution in [1.29, 1.82) is 0 Å². The Balaban J connectivity index is 0.00000930. The first-order valence-corrected chi connectivity index (χ1v) is 21.8. The predicted octanol–water partition coefficient (Wildman–Crippen LogP) is 0.0308. The van der Waals surface area contributed by atoms with Crippen molar-refractivity contribution in [3.63, 3.8) is 0 Å². The maximum absolute atomic E-state index is 14.3. The molecule has 3 heterocycles. The molecule has 16 nitrogen and oxygen atoms in total. The normalized spacial score (nSPS) is 44.9. The van der Waals surface area contributed by atoms with Crippen LogP contribution < -0.4 is 18.9 Å². The molecule has 0 aromatic carbocycles. The zero-order valence-corrected chi connectivity index (χ0v) is 39.2. The Hall–Kier alpha value is -0.943. The van der Waals surface area contributed by atoms with Crippen molar-refractivity contribution in [2.45, 2.75) is 217 Å². The molecule has 3 aliphatic heterocycles. The molecular weight excluding hydrogens is 775 g/mol. The molecule has 3 saturated heterocycles. The van der Waals surface area contributed by atoms with Crippen molar-refractivity contribution in [2.75, 3.05) is 27.7 Å². The van der Waals surface area contributed by atoms with Gasteiger partial charge in [0, 0.05) is 50.5 Å². The molecule has 19 unspecified atom stereocenters. The number of cyclic esters (lactones) is 1. The fourth-order valence-electron chi connectivity index (χ4n) is 9.88. The number of aliphatic hydroxyl groups excluding tert-OH is 3. The van der Waals surface area contributed by atoms with Gasteiger partial charge in [-0.3, -0.25) is 14.5 Å². The molecule has 3 rings (SSSR count). The largest absolute Gasteiger partial charge is 1.00 e. The molecule has 0 aliphatic carbocycles. The molecule has 0 aromatic rings. The number of aliphatic hydroxyl groups is 5. The van der Waals surface area contributed by atoms with Crippen LogP contribution in [0.1, 0.15) is 123 Å². The van der Waals surface area contributed by atoms with E-state index in [-0.39, 0.29) is 64.0 Å². The van der Waals surface area contributed by atoms with Gasteiger partial charge in [0.1, 0.15) is 30.0 Å². The molecule has 3 fully saturated rings. The fourth-order valence-corrected chi connectivity index (χ4v) is 9.88. The quantitative estimate of drug-likeness (QED) is 0.113. The van der Waals surface area contributed by atoms with E-state index in [0.717, 1.165) is 0 Å². The number of ether oxygens (including phenoxy) is 6. The number of methoxy groups -OCH3 is 1. The average Bonchev–Trinajstić information content (AvgIpc) is 3.15. The van der Waals surface area contributed by atoms with Gasteiger partial charge in [-0.1, -0.05) is 27.7 Å². The minimum Gasteiger partial charge on any atom is -1.00 e. The summed E-state index contributed by atoms with van der Waals surface area (Å²) in [5, 5.41) is 68.5. The van der Waals surface area contributed by atoms with Gasteiger partial charge < -0.3 is 65.4 Å². The number of rotatable bonds is 12. The van der Waals surface area contributed by atoms with Gasteiger partial charge >= 0.3 is 30.8 Å². The van der Waals surface area contributed by atoms with E-state index < -0.39 is 108 Å². The van der Waals surface area contributed by atoms with Gasteiger partial charge in [-0.05, 0) is 101 Å².